The van der Waals surface area contributed by atoms with E-state index in [-0.39, 0.29) is 21.7 Å². The first kappa shape index (κ1) is 13.2. The van der Waals surface area contributed by atoms with Crippen molar-refractivity contribution in [2.45, 2.75) is 0 Å². The van der Waals surface area contributed by atoms with Gasteiger partial charge in [-0.3, -0.25) is 10.1 Å². The van der Waals surface area contributed by atoms with Gasteiger partial charge in [0.25, 0.3) is 5.69 Å². The number of hydrogen-bond acceptors (Lipinski definition) is 4. The van der Waals surface area contributed by atoms with E-state index in [0.29, 0.717) is 5.56 Å². The SMILES string of the molecule is NC(N)=N/N=C/c1c(Cl)cc([N+](=O)[O-])cc1Cl. The molecule has 7 nitrogen and oxygen atoms in total. The predicted octanol–water partition coefficient (Wildman–Crippen LogP) is 1.51. The van der Waals surface area contributed by atoms with Crippen molar-refractivity contribution in [1.29, 1.82) is 0 Å². The molecule has 0 saturated carbocycles. The Morgan fingerprint density at radius 1 is 1.35 bits per heavy atom. The summed E-state index contributed by atoms with van der Waals surface area (Å²) >= 11 is 11.6. The number of nitrogens with zero attached hydrogens (tertiary/aromatic N) is 3. The highest BCUT2D eigenvalue weighted by atomic mass is 35.5. The maximum Gasteiger partial charge on any atom is 0.272 e. The first-order chi connectivity index (χ1) is 7.91. The van der Waals surface area contributed by atoms with Crippen LogP contribution in [0.2, 0.25) is 10.0 Å². The molecule has 0 amide bonds. The maximum atomic E-state index is 10.5. The highest BCUT2D eigenvalue weighted by Crippen LogP contribution is 2.28. The Kier molecular flexibility index (Phi) is 4.24. The molecule has 0 atom stereocenters. The fourth-order valence-electron chi connectivity index (χ4n) is 0.953. The van der Waals surface area contributed by atoms with E-state index in [1.165, 1.54) is 6.21 Å². The zero-order valence-corrected chi connectivity index (χ0v) is 9.81. The van der Waals surface area contributed by atoms with Gasteiger partial charge in [0.1, 0.15) is 0 Å². The maximum absolute atomic E-state index is 10.5. The molecule has 1 aromatic carbocycles. The fraction of sp³-hybridized carbons (Fsp3) is 0. The third-order valence-electron chi connectivity index (χ3n) is 1.63. The molecule has 0 radical (unpaired) electrons. The number of guanidine groups is 1. The largest absolute Gasteiger partial charge is 0.369 e. The Bertz CT molecular complexity index is 488. The summed E-state index contributed by atoms with van der Waals surface area (Å²) in [5.41, 5.74) is 10.2. The van der Waals surface area contributed by atoms with Crippen molar-refractivity contribution in [3.63, 3.8) is 0 Å². The van der Waals surface area contributed by atoms with Crippen molar-refractivity contribution in [2.24, 2.45) is 21.7 Å². The van der Waals surface area contributed by atoms with Crippen LogP contribution >= 0.6 is 23.2 Å². The zero-order chi connectivity index (χ0) is 13.0. The second kappa shape index (κ2) is 5.46. The lowest BCUT2D eigenvalue weighted by atomic mass is 10.2. The molecule has 0 fully saturated rings. The van der Waals surface area contributed by atoms with Crippen molar-refractivity contribution in [3.8, 4) is 0 Å². The molecular formula is C8H7Cl2N5O2. The number of rotatable bonds is 3. The van der Waals surface area contributed by atoms with Crippen LogP contribution in [-0.2, 0) is 0 Å². The van der Waals surface area contributed by atoms with Gasteiger partial charge in [0.05, 0.1) is 21.2 Å². The number of hydrogen-bond donors (Lipinski definition) is 2. The molecule has 0 heterocycles. The van der Waals surface area contributed by atoms with E-state index in [9.17, 15) is 10.1 Å². The van der Waals surface area contributed by atoms with Gasteiger partial charge >= 0.3 is 0 Å². The van der Waals surface area contributed by atoms with E-state index in [2.05, 4.69) is 10.2 Å². The standard InChI is InChI=1S/C8H7Cl2N5O2/c9-6-1-4(15(16)17)2-7(10)5(6)3-13-14-8(11)12/h1-3H,(H4,11,12,14)/b13-3+. The first-order valence-electron chi connectivity index (χ1n) is 4.17. The van der Waals surface area contributed by atoms with E-state index >= 15 is 0 Å². The summed E-state index contributed by atoms with van der Waals surface area (Å²) in [6.07, 6.45) is 1.20. The van der Waals surface area contributed by atoms with E-state index in [0.717, 1.165) is 12.1 Å². The van der Waals surface area contributed by atoms with Crippen LogP contribution in [0.3, 0.4) is 0 Å². The summed E-state index contributed by atoms with van der Waals surface area (Å²) in [7, 11) is 0. The Hall–Kier alpha value is -1.86. The van der Waals surface area contributed by atoms with Crippen LogP contribution in [0, 0.1) is 10.1 Å². The van der Waals surface area contributed by atoms with Gasteiger partial charge in [0.15, 0.2) is 0 Å². The first-order valence-corrected chi connectivity index (χ1v) is 4.93. The molecule has 0 aliphatic rings. The second-order valence-corrected chi connectivity index (χ2v) is 3.66. The van der Waals surface area contributed by atoms with Gasteiger partial charge in [0.2, 0.25) is 5.96 Å². The molecule has 17 heavy (non-hydrogen) atoms. The molecule has 1 rings (SSSR count). The lowest BCUT2D eigenvalue weighted by Crippen LogP contribution is -2.21. The minimum Gasteiger partial charge on any atom is -0.369 e. The van der Waals surface area contributed by atoms with Crippen LogP contribution in [0.15, 0.2) is 22.3 Å². The molecule has 0 unspecified atom stereocenters. The number of non-ortho nitro benzene ring substituents is 1. The normalized spacial score (nSPS) is 10.5. The van der Waals surface area contributed by atoms with Crippen LogP contribution < -0.4 is 11.5 Å². The quantitative estimate of drug-likeness (QED) is 0.376. The number of nitro benzene ring substituents is 1. The molecule has 0 spiro atoms. The molecular weight excluding hydrogens is 269 g/mol. The van der Waals surface area contributed by atoms with Crippen LogP contribution in [-0.4, -0.2) is 17.1 Å². The highest BCUT2D eigenvalue weighted by molar-refractivity contribution is 6.39. The van der Waals surface area contributed by atoms with Crippen molar-refractivity contribution in [1.82, 2.24) is 0 Å². The summed E-state index contributed by atoms with van der Waals surface area (Å²) in [5, 5.41) is 17.5. The third-order valence-corrected chi connectivity index (χ3v) is 2.26. The van der Waals surface area contributed by atoms with E-state index < -0.39 is 4.92 Å². The molecule has 0 aliphatic heterocycles. The summed E-state index contributed by atoms with van der Waals surface area (Å²) in [4.78, 5) is 9.92. The number of nitrogens with two attached hydrogens (primary N) is 2. The van der Waals surface area contributed by atoms with Gasteiger partial charge in [-0.25, -0.2) is 0 Å². The lowest BCUT2D eigenvalue weighted by molar-refractivity contribution is -0.384. The molecule has 90 valence electrons. The fourth-order valence-corrected chi connectivity index (χ4v) is 1.53. The summed E-state index contributed by atoms with van der Waals surface area (Å²) < 4.78 is 0. The van der Waals surface area contributed by atoms with Crippen LogP contribution in [0.25, 0.3) is 0 Å². The zero-order valence-electron chi connectivity index (χ0n) is 8.30. The van der Waals surface area contributed by atoms with E-state index in [4.69, 9.17) is 34.7 Å². The molecule has 0 aromatic heterocycles. The Labute approximate surface area is 106 Å². The topological polar surface area (TPSA) is 120 Å². The Morgan fingerprint density at radius 3 is 2.29 bits per heavy atom. The van der Waals surface area contributed by atoms with E-state index in [1.807, 2.05) is 0 Å². The summed E-state index contributed by atoms with van der Waals surface area (Å²) in [5.74, 6) is -0.226. The van der Waals surface area contributed by atoms with Gasteiger partial charge in [-0.2, -0.15) is 5.10 Å². The third kappa shape index (κ3) is 3.58. The molecule has 1 aromatic rings. The average Bonchev–Trinajstić information content (AvgIpc) is 2.21. The second-order valence-electron chi connectivity index (χ2n) is 2.85. The molecule has 0 saturated heterocycles. The molecule has 9 heteroatoms. The number of nitro groups is 1. The minimum atomic E-state index is -0.602. The van der Waals surface area contributed by atoms with Gasteiger partial charge < -0.3 is 11.5 Å². The minimum absolute atomic E-state index is 0.0822. The predicted molar refractivity (Wildman–Crippen MR) is 66.5 cm³/mol. The smallest absolute Gasteiger partial charge is 0.272 e. The average molecular weight is 276 g/mol. The van der Waals surface area contributed by atoms with Gasteiger partial charge in [0, 0.05) is 17.7 Å². The Morgan fingerprint density at radius 2 is 1.88 bits per heavy atom. The van der Waals surface area contributed by atoms with Crippen molar-refractivity contribution in [2.75, 3.05) is 0 Å². The summed E-state index contributed by atoms with van der Waals surface area (Å²) in [6, 6.07) is 2.31. The summed E-state index contributed by atoms with van der Waals surface area (Å²) in [6.45, 7) is 0. The van der Waals surface area contributed by atoms with Gasteiger partial charge in [-0.15, -0.1) is 5.10 Å². The van der Waals surface area contributed by atoms with E-state index in [1.54, 1.807) is 0 Å². The Balaban J connectivity index is 3.14. The highest BCUT2D eigenvalue weighted by Gasteiger charge is 2.13. The van der Waals surface area contributed by atoms with Crippen LogP contribution in [0.1, 0.15) is 5.56 Å². The molecule has 0 bridgehead atoms. The number of halogens is 2. The lowest BCUT2D eigenvalue weighted by Gasteiger charge is -2.00. The monoisotopic (exact) mass is 275 g/mol. The van der Waals surface area contributed by atoms with Crippen LogP contribution in [0.4, 0.5) is 5.69 Å². The van der Waals surface area contributed by atoms with Gasteiger partial charge in [-0.1, -0.05) is 23.2 Å². The van der Waals surface area contributed by atoms with Gasteiger partial charge in [-0.05, 0) is 0 Å². The molecule has 4 N–H and O–H groups in total. The molecule has 0 aliphatic carbocycles. The van der Waals surface area contributed by atoms with Crippen molar-refractivity contribution < 1.29 is 4.92 Å². The number of benzene rings is 1. The van der Waals surface area contributed by atoms with Crippen LogP contribution in [0.5, 0.6) is 0 Å². The van der Waals surface area contributed by atoms with Crippen molar-refractivity contribution in [3.05, 3.63) is 37.9 Å². The van der Waals surface area contributed by atoms with Crippen molar-refractivity contribution >= 4 is 41.1 Å².